The summed E-state index contributed by atoms with van der Waals surface area (Å²) in [6, 6.07) is 4.80. The zero-order valence-electron chi connectivity index (χ0n) is 10.2. The highest BCUT2D eigenvalue weighted by Gasteiger charge is 2.14. The van der Waals surface area contributed by atoms with Crippen molar-refractivity contribution in [3.8, 4) is 11.5 Å². The molecule has 0 aliphatic carbocycles. The highest BCUT2D eigenvalue weighted by Crippen LogP contribution is 2.25. The number of hydrogen-bond acceptors (Lipinski definition) is 4. The number of nitrogens with one attached hydrogen (secondary N) is 1. The summed E-state index contributed by atoms with van der Waals surface area (Å²) in [5, 5.41) is 21.1. The van der Waals surface area contributed by atoms with Crippen LogP contribution < -0.4 is 5.43 Å². The molecule has 1 aromatic rings. The molecular formula is C13H20N2O2. The van der Waals surface area contributed by atoms with E-state index in [0.717, 1.165) is 18.7 Å². The summed E-state index contributed by atoms with van der Waals surface area (Å²) in [5.74, 6) is 0.208. The van der Waals surface area contributed by atoms with Gasteiger partial charge in [0.25, 0.3) is 0 Å². The van der Waals surface area contributed by atoms with Gasteiger partial charge < -0.3 is 10.2 Å². The topological polar surface area (TPSA) is 55.7 Å². The lowest BCUT2D eigenvalue weighted by atomic mass is 10.1. The molecule has 2 rings (SSSR count). The molecule has 1 fully saturated rings. The molecule has 1 saturated heterocycles. The van der Waals surface area contributed by atoms with Crippen molar-refractivity contribution in [3.05, 3.63) is 23.8 Å². The maximum atomic E-state index is 9.45. The van der Waals surface area contributed by atoms with Gasteiger partial charge in [-0.25, -0.2) is 10.4 Å². The Morgan fingerprint density at radius 2 is 1.65 bits per heavy atom. The Labute approximate surface area is 102 Å². The van der Waals surface area contributed by atoms with E-state index in [0.29, 0.717) is 0 Å². The van der Waals surface area contributed by atoms with E-state index in [1.165, 1.54) is 25.3 Å². The highest BCUT2D eigenvalue weighted by atomic mass is 16.3. The summed E-state index contributed by atoms with van der Waals surface area (Å²) in [4.78, 5) is 0. The van der Waals surface area contributed by atoms with Crippen LogP contribution in [-0.4, -0.2) is 28.3 Å². The van der Waals surface area contributed by atoms with Crippen molar-refractivity contribution in [1.29, 1.82) is 0 Å². The van der Waals surface area contributed by atoms with E-state index in [-0.39, 0.29) is 17.5 Å². The molecule has 4 heteroatoms. The SMILES string of the molecule is CC(NN1CCCCC1)c1cc(O)cc(O)c1. The first-order chi connectivity index (χ1) is 8.15. The third-order valence-corrected chi connectivity index (χ3v) is 3.16. The van der Waals surface area contributed by atoms with Gasteiger partial charge in [0.1, 0.15) is 11.5 Å². The molecule has 1 aliphatic rings. The fourth-order valence-electron chi connectivity index (χ4n) is 2.24. The van der Waals surface area contributed by atoms with E-state index >= 15 is 0 Å². The zero-order chi connectivity index (χ0) is 12.3. The first-order valence-corrected chi connectivity index (χ1v) is 6.19. The predicted molar refractivity (Wildman–Crippen MR) is 66.7 cm³/mol. The van der Waals surface area contributed by atoms with Crippen LogP contribution in [-0.2, 0) is 0 Å². The molecule has 0 bridgehead atoms. The van der Waals surface area contributed by atoms with Gasteiger partial charge in [0.2, 0.25) is 0 Å². The summed E-state index contributed by atoms with van der Waals surface area (Å²) in [6.07, 6.45) is 3.76. The fourth-order valence-corrected chi connectivity index (χ4v) is 2.24. The molecule has 1 unspecified atom stereocenters. The van der Waals surface area contributed by atoms with Crippen LogP contribution in [0.3, 0.4) is 0 Å². The molecule has 1 aliphatic heterocycles. The fraction of sp³-hybridized carbons (Fsp3) is 0.538. The molecule has 0 aromatic heterocycles. The van der Waals surface area contributed by atoms with Crippen molar-refractivity contribution < 1.29 is 10.2 Å². The van der Waals surface area contributed by atoms with Crippen LogP contribution in [0.5, 0.6) is 11.5 Å². The number of hydrogen-bond donors (Lipinski definition) is 3. The maximum Gasteiger partial charge on any atom is 0.119 e. The summed E-state index contributed by atoms with van der Waals surface area (Å²) in [5.41, 5.74) is 4.30. The van der Waals surface area contributed by atoms with Crippen LogP contribution in [0.1, 0.15) is 37.8 Å². The number of benzene rings is 1. The van der Waals surface area contributed by atoms with Gasteiger partial charge in [0.05, 0.1) is 0 Å². The molecule has 1 heterocycles. The van der Waals surface area contributed by atoms with Crippen molar-refractivity contribution >= 4 is 0 Å². The largest absolute Gasteiger partial charge is 0.508 e. The minimum atomic E-state index is 0.0890. The number of rotatable bonds is 3. The molecular weight excluding hydrogens is 216 g/mol. The third kappa shape index (κ3) is 3.35. The molecule has 0 saturated carbocycles. The minimum Gasteiger partial charge on any atom is -0.508 e. The van der Waals surface area contributed by atoms with Gasteiger partial charge >= 0.3 is 0 Å². The standard InChI is InChI=1S/C13H20N2O2/c1-10(14-15-5-3-2-4-6-15)11-7-12(16)9-13(17)8-11/h7-10,14,16-17H,2-6H2,1H3. The first-order valence-electron chi connectivity index (χ1n) is 6.19. The monoisotopic (exact) mass is 236 g/mol. The average molecular weight is 236 g/mol. The van der Waals surface area contributed by atoms with Gasteiger partial charge in [0.15, 0.2) is 0 Å². The van der Waals surface area contributed by atoms with E-state index in [1.54, 1.807) is 12.1 Å². The van der Waals surface area contributed by atoms with Crippen molar-refractivity contribution in [2.45, 2.75) is 32.2 Å². The first kappa shape index (κ1) is 12.2. The van der Waals surface area contributed by atoms with Gasteiger partial charge in [0, 0.05) is 25.2 Å². The number of hydrazine groups is 1. The number of phenolic OH excluding ortho intramolecular Hbond substituents is 2. The van der Waals surface area contributed by atoms with Gasteiger partial charge in [-0.2, -0.15) is 0 Å². The maximum absolute atomic E-state index is 9.45. The van der Waals surface area contributed by atoms with E-state index in [1.807, 2.05) is 6.92 Å². The Morgan fingerprint density at radius 3 is 2.24 bits per heavy atom. The van der Waals surface area contributed by atoms with Crippen molar-refractivity contribution in [1.82, 2.24) is 10.4 Å². The van der Waals surface area contributed by atoms with Gasteiger partial charge in [-0.3, -0.25) is 0 Å². The molecule has 0 amide bonds. The summed E-state index contributed by atoms with van der Waals surface area (Å²) >= 11 is 0. The molecule has 1 atom stereocenters. The van der Waals surface area contributed by atoms with Crippen LogP contribution in [0.15, 0.2) is 18.2 Å². The normalized spacial score (nSPS) is 19.1. The smallest absolute Gasteiger partial charge is 0.119 e. The lowest BCUT2D eigenvalue weighted by molar-refractivity contribution is 0.133. The third-order valence-electron chi connectivity index (χ3n) is 3.16. The Balaban J connectivity index is 2.00. The molecule has 94 valence electrons. The lowest BCUT2D eigenvalue weighted by Crippen LogP contribution is -2.42. The van der Waals surface area contributed by atoms with Gasteiger partial charge in [-0.15, -0.1) is 0 Å². The molecule has 17 heavy (non-hydrogen) atoms. The number of aromatic hydroxyl groups is 2. The van der Waals surface area contributed by atoms with Crippen LogP contribution >= 0.6 is 0 Å². The predicted octanol–water partition coefficient (Wildman–Crippen LogP) is 2.15. The van der Waals surface area contributed by atoms with Gasteiger partial charge in [-0.1, -0.05) is 6.42 Å². The second kappa shape index (κ2) is 5.38. The Morgan fingerprint density at radius 1 is 1.06 bits per heavy atom. The van der Waals surface area contributed by atoms with Crippen LogP contribution in [0.4, 0.5) is 0 Å². The summed E-state index contributed by atoms with van der Waals surface area (Å²) < 4.78 is 0. The van der Waals surface area contributed by atoms with Crippen LogP contribution in [0.2, 0.25) is 0 Å². The second-order valence-electron chi connectivity index (χ2n) is 4.68. The molecule has 1 aromatic carbocycles. The molecule has 3 N–H and O–H groups in total. The van der Waals surface area contributed by atoms with E-state index in [9.17, 15) is 10.2 Å². The van der Waals surface area contributed by atoms with Crippen molar-refractivity contribution in [3.63, 3.8) is 0 Å². The van der Waals surface area contributed by atoms with E-state index in [4.69, 9.17) is 0 Å². The zero-order valence-corrected chi connectivity index (χ0v) is 10.2. The second-order valence-corrected chi connectivity index (χ2v) is 4.68. The Kier molecular flexibility index (Phi) is 3.86. The van der Waals surface area contributed by atoms with E-state index < -0.39 is 0 Å². The van der Waals surface area contributed by atoms with Crippen molar-refractivity contribution in [2.75, 3.05) is 13.1 Å². The van der Waals surface area contributed by atoms with Crippen molar-refractivity contribution in [2.24, 2.45) is 0 Å². The minimum absolute atomic E-state index is 0.0890. The summed E-state index contributed by atoms with van der Waals surface area (Å²) in [7, 11) is 0. The Hall–Kier alpha value is -1.26. The summed E-state index contributed by atoms with van der Waals surface area (Å²) in [6.45, 7) is 4.16. The highest BCUT2D eigenvalue weighted by molar-refractivity contribution is 5.37. The number of phenols is 2. The lowest BCUT2D eigenvalue weighted by Gasteiger charge is -2.30. The number of piperidine rings is 1. The van der Waals surface area contributed by atoms with E-state index in [2.05, 4.69) is 10.4 Å². The molecule has 0 spiro atoms. The molecule has 4 nitrogen and oxygen atoms in total. The molecule has 0 radical (unpaired) electrons. The van der Waals surface area contributed by atoms with Gasteiger partial charge in [-0.05, 0) is 37.5 Å². The Bertz CT molecular complexity index is 355. The van der Waals surface area contributed by atoms with Crippen LogP contribution in [0, 0.1) is 0 Å². The average Bonchev–Trinajstić information content (AvgIpc) is 2.29. The quantitative estimate of drug-likeness (QED) is 0.752. The number of nitrogens with zero attached hydrogens (tertiary/aromatic N) is 1. The van der Waals surface area contributed by atoms with Crippen LogP contribution in [0.25, 0.3) is 0 Å².